The van der Waals surface area contributed by atoms with Crippen LogP contribution in [0.4, 0.5) is 5.69 Å². The van der Waals surface area contributed by atoms with Crippen LogP contribution in [-0.4, -0.2) is 37.4 Å². The largest absolute Gasteiger partial charge is 0.465 e. The Morgan fingerprint density at radius 1 is 1.24 bits per heavy atom. The molecule has 0 aliphatic carbocycles. The molecule has 0 N–H and O–H groups in total. The predicted molar refractivity (Wildman–Crippen MR) is 91.1 cm³/mol. The third-order valence-corrected chi connectivity index (χ3v) is 5.90. The van der Waals surface area contributed by atoms with Gasteiger partial charge in [0.15, 0.2) is 0 Å². The maximum Gasteiger partial charge on any atom is 0.339 e. The molecule has 1 atom stereocenters. The molecule has 25 heavy (non-hydrogen) atoms. The number of hydrogen-bond acceptors (Lipinski definition) is 5. The topological polar surface area (TPSA) is 85.7 Å². The van der Waals surface area contributed by atoms with Gasteiger partial charge in [0.25, 0.3) is 10.0 Å². The highest BCUT2D eigenvalue weighted by Gasteiger charge is 2.30. The van der Waals surface area contributed by atoms with Crippen LogP contribution < -0.4 is 4.90 Å². The Hall–Kier alpha value is -2.61. The number of ether oxygens (including phenoxy) is 1. The summed E-state index contributed by atoms with van der Waals surface area (Å²) in [5.41, 5.74) is 1.70. The first-order chi connectivity index (χ1) is 11.8. The first kappa shape index (κ1) is 17.2. The van der Waals surface area contributed by atoms with Gasteiger partial charge in [-0.05, 0) is 43.2 Å². The average molecular weight is 362 g/mol. The second-order valence-corrected chi connectivity index (χ2v) is 7.80. The summed E-state index contributed by atoms with van der Waals surface area (Å²) in [6.45, 7) is 3.41. The van der Waals surface area contributed by atoms with Crippen molar-refractivity contribution in [2.24, 2.45) is 0 Å². The van der Waals surface area contributed by atoms with E-state index in [4.69, 9.17) is 0 Å². The van der Waals surface area contributed by atoms with E-state index in [-0.39, 0.29) is 22.4 Å². The number of fused-ring (bicyclic) bond motifs is 1. The standard InChI is InChI=1S/C17H18N2O5S/c1-11-8-14-9-15(4-5-16(14)19(11)12(2)20)25(22,23)18-7-6-13(10-18)17(21)24-3/h4-7,9-11H,8H2,1-3H3. The lowest BCUT2D eigenvalue weighted by Gasteiger charge is -2.20. The first-order valence-corrected chi connectivity index (χ1v) is 9.14. The molecule has 0 spiro atoms. The minimum absolute atomic E-state index is 0.0111. The molecule has 132 valence electrons. The number of amides is 1. The van der Waals surface area contributed by atoms with Crippen LogP contribution in [0.15, 0.2) is 41.6 Å². The van der Waals surface area contributed by atoms with E-state index in [0.29, 0.717) is 6.42 Å². The Labute approximate surface area is 145 Å². The summed E-state index contributed by atoms with van der Waals surface area (Å²) in [6.07, 6.45) is 3.12. The van der Waals surface area contributed by atoms with Crippen molar-refractivity contribution in [3.63, 3.8) is 0 Å². The van der Waals surface area contributed by atoms with Crippen molar-refractivity contribution < 1.29 is 22.7 Å². The second-order valence-electron chi connectivity index (χ2n) is 5.96. The van der Waals surface area contributed by atoms with Crippen LogP contribution in [0, 0.1) is 0 Å². The summed E-state index contributed by atoms with van der Waals surface area (Å²) in [6, 6.07) is 6.08. The molecule has 7 nitrogen and oxygen atoms in total. The normalized spacial score (nSPS) is 16.6. The highest BCUT2D eigenvalue weighted by Crippen LogP contribution is 2.34. The fourth-order valence-corrected chi connectivity index (χ4v) is 4.38. The average Bonchev–Trinajstić information content (AvgIpc) is 3.17. The molecular weight excluding hydrogens is 344 g/mol. The van der Waals surface area contributed by atoms with Crippen molar-refractivity contribution in [3.05, 3.63) is 47.8 Å². The van der Waals surface area contributed by atoms with E-state index in [0.717, 1.165) is 15.2 Å². The van der Waals surface area contributed by atoms with Crippen molar-refractivity contribution in [2.45, 2.75) is 31.2 Å². The van der Waals surface area contributed by atoms with E-state index in [1.54, 1.807) is 17.0 Å². The van der Waals surface area contributed by atoms with Gasteiger partial charge in [0, 0.05) is 31.0 Å². The molecule has 3 rings (SSSR count). The Bertz CT molecular complexity index is 961. The number of anilines is 1. The van der Waals surface area contributed by atoms with E-state index in [9.17, 15) is 18.0 Å². The molecule has 0 fully saturated rings. The summed E-state index contributed by atoms with van der Waals surface area (Å²) in [4.78, 5) is 25.1. The van der Waals surface area contributed by atoms with Gasteiger partial charge in [-0.3, -0.25) is 4.79 Å². The summed E-state index contributed by atoms with van der Waals surface area (Å²) in [5.74, 6) is -0.677. The Morgan fingerprint density at radius 2 is 1.96 bits per heavy atom. The van der Waals surface area contributed by atoms with Gasteiger partial charge in [-0.15, -0.1) is 0 Å². The number of hydrogen-bond donors (Lipinski definition) is 0. The third kappa shape index (κ3) is 2.82. The number of carbonyl (C=O) groups is 2. The van der Waals surface area contributed by atoms with Crippen molar-refractivity contribution >= 4 is 27.6 Å². The molecule has 1 unspecified atom stereocenters. The highest BCUT2D eigenvalue weighted by atomic mass is 32.2. The summed E-state index contributed by atoms with van der Waals surface area (Å²) >= 11 is 0. The lowest BCUT2D eigenvalue weighted by atomic mass is 10.1. The molecule has 0 bridgehead atoms. The van der Waals surface area contributed by atoms with Crippen molar-refractivity contribution in [1.29, 1.82) is 0 Å². The molecule has 1 aromatic carbocycles. The molecule has 0 saturated heterocycles. The van der Waals surface area contributed by atoms with E-state index in [2.05, 4.69) is 4.74 Å². The van der Waals surface area contributed by atoms with E-state index in [1.165, 1.54) is 38.6 Å². The minimum Gasteiger partial charge on any atom is -0.465 e. The van der Waals surface area contributed by atoms with Gasteiger partial charge in [-0.1, -0.05) is 0 Å². The smallest absolute Gasteiger partial charge is 0.339 e. The van der Waals surface area contributed by atoms with E-state index < -0.39 is 16.0 Å². The number of nitrogens with zero attached hydrogens (tertiary/aromatic N) is 2. The fraction of sp³-hybridized carbons (Fsp3) is 0.294. The number of rotatable bonds is 3. The number of aromatic nitrogens is 1. The monoisotopic (exact) mass is 362 g/mol. The number of carbonyl (C=O) groups excluding carboxylic acids is 2. The SMILES string of the molecule is COC(=O)c1ccn(S(=O)(=O)c2ccc3c(c2)CC(C)N3C(C)=O)c1. The summed E-state index contributed by atoms with van der Waals surface area (Å²) in [7, 11) is -2.60. The Kier molecular flexibility index (Phi) is 4.16. The molecule has 2 aromatic rings. The molecule has 1 amide bonds. The maximum absolute atomic E-state index is 12.8. The quantitative estimate of drug-likeness (QED) is 0.778. The lowest BCUT2D eigenvalue weighted by molar-refractivity contribution is -0.116. The summed E-state index contributed by atoms with van der Waals surface area (Å²) < 4.78 is 31.1. The molecule has 2 heterocycles. The zero-order valence-electron chi connectivity index (χ0n) is 14.1. The van der Waals surface area contributed by atoms with Gasteiger partial charge in [-0.2, -0.15) is 0 Å². The van der Waals surface area contributed by atoms with Gasteiger partial charge in [-0.25, -0.2) is 17.2 Å². The van der Waals surface area contributed by atoms with Crippen LogP contribution in [0.5, 0.6) is 0 Å². The molecule has 1 aliphatic heterocycles. The molecule has 1 aromatic heterocycles. The second kappa shape index (κ2) is 6.03. The minimum atomic E-state index is -3.83. The van der Waals surface area contributed by atoms with Gasteiger partial charge in [0.05, 0.1) is 17.6 Å². The van der Waals surface area contributed by atoms with Gasteiger partial charge < -0.3 is 9.64 Å². The number of benzene rings is 1. The highest BCUT2D eigenvalue weighted by molar-refractivity contribution is 7.90. The molecule has 0 radical (unpaired) electrons. The van der Waals surface area contributed by atoms with Crippen LogP contribution in [0.2, 0.25) is 0 Å². The number of esters is 1. The molecular formula is C17H18N2O5S. The fourth-order valence-electron chi connectivity index (χ4n) is 3.13. The zero-order valence-corrected chi connectivity index (χ0v) is 14.9. The van der Waals surface area contributed by atoms with Gasteiger partial charge >= 0.3 is 5.97 Å². The zero-order chi connectivity index (χ0) is 18.4. The number of methoxy groups -OCH3 is 1. The molecule has 8 heteroatoms. The van der Waals surface area contributed by atoms with Crippen molar-refractivity contribution in [3.8, 4) is 0 Å². The van der Waals surface area contributed by atoms with E-state index in [1.807, 2.05) is 6.92 Å². The van der Waals surface area contributed by atoms with Crippen molar-refractivity contribution in [1.82, 2.24) is 3.97 Å². The van der Waals surface area contributed by atoms with Crippen molar-refractivity contribution in [2.75, 3.05) is 12.0 Å². The van der Waals surface area contributed by atoms with Crippen LogP contribution in [0.3, 0.4) is 0 Å². The van der Waals surface area contributed by atoms with Gasteiger partial charge in [0.1, 0.15) is 0 Å². The van der Waals surface area contributed by atoms with Crippen LogP contribution in [0.1, 0.15) is 29.8 Å². The maximum atomic E-state index is 12.8. The summed E-state index contributed by atoms with van der Waals surface area (Å²) in [5, 5.41) is 0. The lowest BCUT2D eigenvalue weighted by Crippen LogP contribution is -2.33. The van der Waals surface area contributed by atoms with Crippen LogP contribution in [-0.2, 0) is 26.0 Å². The third-order valence-electron chi connectivity index (χ3n) is 4.27. The molecule has 1 aliphatic rings. The van der Waals surface area contributed by atoms with E-state index >= 15 is 0 Å². The van der Waals surface area contributed by atoms with Crippen LogP contribution in [0.25, 0.3) is 0 Å². The Morgan fingerprint density at radius 3 is 2.60 bits per heavy atom. The first-order valence-electron chi connectivity index (χ1n) is 7.70. The van der Waals surface area contributed by atoms with Gasteiger partial charge in [0.2, 0.25) is 5.91 Å². The Balaban J connectivity index is 2.00. The predicted octanol–water partition coefficient (Wildman–Crippen LogP) is 1.81. The van der Waals surface area contributed by atoms with Crippen LogP contribution >= 0.6 is 0 Å². The molecule has 0 saturated carbocycles.